The Hall–Kier alpha value is -3.61. The van der Waals surface area contributed by atoms with E-state index in [1.807, 2.05) is 48.7 Å². The molecule has 4 rings (SSSR count). The molecule has 4 aromatic rings. The summed E-state index contributed by atoms with van der Waals surface area (Å²) < 4.78 is 12.5. The van der Waals surface area contributed by atoms with Crippen molar-refractivity contribution in [3.8, 4) is 17.4 Å². The number of benzene rings is 2. The third-order valence-corrected chi connectivity index (χ3v) is 4.23. The first kappa shape index (κ1) is 16.8. The molecular weight excluding hydrogens is 342 g/mol. The van der Waals surface area contributed by atoms with E-state index in [9.17, 15) is 0 Å². The van der Waals surface area contributed by atoms with Crippen LogP contribution in [0.25, 0.3) is 16.9 Å². The fraction of sp³-hybridized carbons (Fsp3) is 0.150. The average molecular weight is 361 g/mol. The minimum atomic E-state index is 0.570. The third kappa shape index (κ3) is 3.39. The molecular formula is C20H19N5O2. The Morgan fingerprint density at radius 1 is 1.00 bits per heavy atom. The number of ether oxygens (including phenoxy) is 2. The molecule has 0 atom stereocenters. The van der Waals surface area contributed by atoms with Crippen LogP contribution < -0.4 is 14.8 Å². The molecule has 7 nitrogen and oxygen atoms in total. The normalized spacial score (nSPS) is 10.7. The molecule has 27 heavy (non-hydrogen) atoms. The maximum atomic E-state index is 5.38. The number of nitrogens with one attached hydrogen (secondary N) is 1. The lowest BCUT2D eigenvalue weighted by Gasteiger charge is -2.13. The van der Waals surface area contributed by atoms with Crippen molar-refractivity contribution < 1.29 is 9.47 Å². The highest BCUT2D eigenvalue weighted by Gasteiger charge is 2.10. The van der Waals surface area contributed by atoms with E-state index >= 15 is 0 Å². The maximum absolute atomic E-state index is 5.38. The smallest absolute Gasteiger partial charge is 0.237 e. The van der Waals surface area contributed by atoms with Crippen molar-refractivity contribution in [3.05, 3.63) is 66.7 Å². The molecule has 0 bridgehead atoms. The van der Waals surface area contributed by atoms with E-state index in [-0.39, 0.29) is 0 Å². The molecule has 2 aromatic heterocycles. The summed E-state index contributed by atoms with van der Waals surface area (Å²) in [4.78, 5) is 13.4. The van der Waals surface area contributed by atoms with Gasteiger partial charge < -0.3 is 14.8 Å². The predicted molar refractivity (Wildman–Crippen MR) is 104 cm³/mol. The van der Waals surface area contributed by atoms with E-state index in [0.717, 1.165) is 22.3 Å². The van der Waals surface area contributed by atoms with Gasteiger partial charge in [-0.1, -0.05) is 18.2 Å². The highest BCUT2D eigenvalue weighted by atomic mass is 16.5. The molecule has 1 N–H and O–H groups in total. The molecule has 0 unspecified atom stereocenters. The van der Waals surface area contributed by atoms with E-state index in [1.54, 1.807) is 31.3 Å². The van der Waals surface area contributed by atoms with E-state index in [0.29, 0.717) is 24.0 Å². The van der Waals surface area contributed by atoms with Crippen LogP contribution in [0.4, 0.5) is 5.82 Å². The molecule has 0 radical (unpaired) electrons. The van der Waals surface area contributed by atoms with Gasteiger partial charge in [-0.05, 0) is 29.8 Å². The topological polar surface area (TPSA) is 74.1 Å². The number of hydrogen-bond donors (Lipinski definition) is 1. The van der Waals surface area contributed by atoms with Crippen LogP contribution in [0, 0.1) is 0 Å². The summed E-state index contributed by atoms with van der Waals surface area (Å²) in [5.74, 6) is 2.74. The predicted octanol–water partition coefficient (Wildman–Crippen LogP) is 3.44. The molecule has 0 saturated heterocycles. The van der Waals surface area contributed by atoms with Crippen LogP contribution in [0.2, 0.25) is 0 Å². The van der Waals surface area contributed by atoms with E-state index < -0.39 is 0 Å². The lowest BCUT2D eigenvalue weighted by atomic mass is 10.2. The van der Waals surface area contributed by atoms with Crippen molar-refractivity contribution in [1.82, 2.24) is 19.5 Å². The van der Waals surface area contributed by atoms with Gasteiger partial charge in [0.1, 0.15) is 12.1 Å². The zero-order valence-corrected chi connectivity index (χ0v) is 15.1. The number of anilines is 1. The summed E-state index contributed by atoms with van der Waals surface area (Å²) in [5, 5.41) is 4.37. The van der Waals surface area contributed by atoms with Crippen molar-refractivity contribution in [2.75, 3.05) is 19.5 Å². The molecule has 0 saturated carbocycles. The Labute approximate surface area is 156 Å². The third-order valence-electron chi connectivity index (χ3n) is 4.23. The Morgan fingerprint density at radius 3 is 2.63 bits per heavy atom. The van der Waals surface area contributed by atoms with Crippen LogP contribution in [-0.4, -0.2) is 33.7 Å². The molecule has 136 valence electrons. The SMILES string of the molecule is COc1ccc(CNc2nc(-n3ccnc3)nc3ccccc23)cc1OC. The first-order valence-corrected chi connectivity index (χ1v) is 8.48. The number of hydrogen-bond acceptors (Lipinski definition) is 6. The number of methoxy groups -OCH3 is 2. The number of rotatable bonds is 6. The zero-order chi connectivity index (χ0) is 18.6. The monoisotopic (exact) mass is 361 g/mol. The van der Waals surface area contributed by atoms with Crippen molar-refractivity contribution in [2.45, 2.75) is 6.54 Å². The van der Waals surface area contributed by atoms with Crippen molar-refractivity contribution in [1.29, 1.82) is 0 Å². The Kier molecular flexibility index (Phi) is 4.57. The van der Waals surface area contributed by atoms with Gasteiger partial charge in [0.15, 0.2) is 11.5 Å². The van der Waals surface area contributed by atoms with Gasteiger partial charge in [0.25, 0.3) is 0 Å². The van der Waals surface area contributed by atoms with Gasteiger partial charge in [0, 0.05) is 24.3 Å². The largest absolute Gasteiger partial charge is 0.493 e. The standard InChI is InChI=1S/C20H19N5O2/c1-26-17-8-7-14(11-18(17)27-2)12-22-19-15-5-3-4-6-16(15)23-20(24-19)25-10-9-21-13-25/h3-11,13H,12H2,1-2H3,(H,22,23,24). The first-order valence-electron chi connectivity index (χ1n) is 8.48. The van der Waals surface area contributed by atoms with Crippen molar-refractivity contribution >= 4 is 16.7 Å². The van der Waals surface area contributed by atoms with Gasteiger partial charge in [0.2, 0.25) is 5.95 Å². The number of aromatic nitrogens is 4. The van der Waals surface area contributed by atoms with Crippen LogP contribution in [0.5, 0.6) is 11.5 Å². The second-order valence-electron chi connectivity index (χ2n) is 5.90. The lowest BCUT2D eigenvalue weighted by molar-refractivity contribution is 0.354. The fourth-order valence-electron chi connectivity index (χ4n) is 2.87. The van der Waals surface area contributed by atoms with Gasteiger partial charge >= 0.3 is 0 Å². The number of para-hydroxylation sites is 1. The van der Waals surface area contributed by atoms with Gasteiger partial charge in [0.05, 0.1) is 19.7 Å². The molecule has 2 aromatic carbocycles. The average Bonchev–Trinajstić information content (AvgIpc) is 3.26. The van der Waals surface area contributed by atoms with Crippen LogP contribution in [-0.2, 0) is 6.54 Å². The molecule has 0 aliphatic carbocycles. The minimum Gasteiger partial charge on any atom is -0.493 e. The molecule has 7 heteroatoms. The molecule has 0 amide bonds. The first-order chi connectivity index (χ1) is 13.3. The second-order valence-corrected chi connectivity index (χ2v) is 5.90. The lowest BCUT2D eigenvalue weighted by Crippen LogP contribution is -2.07. The highest BCUT2D eigenvalue weighted by Crippen LogP contribution is 2.28. The minimum absolute atomic E-state index is 0.570. The van der Waals surface area contributed by atoms with Gasteiger partial charge in [-0.25, -0.2) is 9.97 Å². The molecule has 0 spiro atoms. The molecule has 0 aliphatic heterocycles. The van der Waals surface area contributed by atoms with E-state index in [2.05, 4.69) is 20.3 Å². The van der Waals surface area contributed by atoms with E-state index in [4.69, 9.17) is 9.47 Å². The van der Waals surface area contributed by atoms with Crippen molar-refractivity contribution in [2.24, 2.45) is 0 Å². The highest BCUT2D eigenvalue weighted by molar-refractivity contribution is 5.89. The quantitative estimate of drug-likeness (QED) is 0.567. The summed E-state index contributed by atoms with van der Waals surface area (Å²) in [7, 11) is 3.25. The number of imidazole rings is 1. The van der Waals surface area contributed by atoms with Crippen LogP contribution >= 0.6 is 0 Å². The van der Waals surface area contributed by atoms with Gasteiger partial charge in [-0.2, -0.15) is 4.98 Å². The van der Waals surface area contributed by atoms with Crippen molar-refractivity contribution in [3.63, 3.8) is 0 Å². The Morgan fingerprint density at radius 2 is 1.85 bits per heavy atom. The van der Waals surface area contributed by atoms with Crippen LogP contribution in [0.15, 0.2) is 61.2 Å². The molecule has 0 aliphatic rings. The summed E-state index contributed by atoms with van der Waals surface area (Å²) >= 11 is 0. The van der Waals surface area contributed by atoms with Gasteiger partial charge in [-0.15, -0.1) is 0 Å². The maximum Gasteiger partial charge on any atom is 0.237 e. The molecule has 0 fully saturated rings. The van der Waals surface area contributed by atoms with Gasteiger partial charge in [-0.3, -0.25) is 4.57 Å². The molecule has 2 heterocycles. The second kappa shape index (κ2) is 7.33. The summed E-state index contributed by atoms with van der Waals surface area (Å²) in [6, 6.07) is 13.8. The summed E-state index contributed by atoms with van der Waals surface area (Å²) in [6.07, 6.45) is 5.21. The fourth-order valence-corrected chi connectivity index (χ4v) is 2.87. The van der Waals surface area contributed by atoms with Crippen LogP contribution in [0.3, 0.4) is 0 Å². The van der Waals surface area contributed by atoms with Crippen LogP contribution in [0.1, 0.15) is 5.56 Å². The Balaban J connectivity index is 1.67. The number of fused-ring (bicyclic) bond motifs is 1. The summed E-state index contributed by atoms with van der Waals surface area (Å²) in [6.45, 7) is 0.588. The van der Waals surface area contributed by atoms with E-state index in [1.165, 1.54) is 0 Å². The summed E-state index contributed by atoms with van der Waals surface area (Å²) in [5.41, 5.74) is 1.92. The zero-order valence-electron chi connectivity index (χ0n) is 15.1. The Bertz CT molecular complexity index is 1060. The number of nitrogens with zero attached hydrogens (tertiary/aromatic N) is 4.